The smallest absolute Gasteiger partial charge is 0.306 e. The van der Waals surface area contributed by atoms with Gasteiger partial charge in [0.1, 0.15) is 0 Å². The molecule has 1 atom stereocenters. The fraction of sp³-hybridized carbons (Fsp3) is 0.688. The van der Waals surface area contributed by atoms with Gasteiger partial charge in [-0.25, -0.2) is 0 Å². The minimum absolute atomic E-state index is 0.0652. The third-order valence-corrected chi connectivity index (χ3v) is 2.68. The van der Waals surface area contributed by atoms with Gasteiger partial charge in [-0.15, -0.1) is 0 Å². The minimum Gasteiger partial charge on any atom is -0.465 e. The van der Waals surface area contributed by atoms with Gasteiger partial charge in [0.15, 0.2) is 0 Å². The first-order valence-corrected chi connectivity index (χ1v) is 7.00. The lowest BCUT2D eigenvalue weighted by Crippen LogP contribution is -2.10. The van der Waals surface area contributed by atoms with E-state index in [0.717, 1.165) is 25.7 Å². The average molecular weight is 252 g/mol. The van der Waals surface area contributed by atoms with E-state index in [1.807, 2.05) is 0 Å². The van der Waals surface area contributed by atoms with Gasteiger partial charge in [-0.1, -0.05) is 37.6 Å². The van der Waals surface area contributed by atoms with Crippen molar-refractivity contribution in [2.45, 2.75) is 59.8 Å². The van der Waals surface area contributed by atoms with Crippen LogP contribution in [0.4, 0.5) is 0 Å². The second-order valence-electron chi connectivity index (χ2n) is 5.06. The highest BCUT2D eigenvalue weighted by Crippen LogP contribution is 2.12. The molecule has 0 amide bonds. The van der Waals surface area contributed by atoms with E-state index in [-0.39, 0.29) is 5.97 Å². The Morgan fingerprint density at radius 3 is 2.56 bits per heavy atom. The van der Waals surface area contributed by atoms with Crippen LogP contribution in [0, 0.1) is 5.92 Å². The normalized spacial score (nSPS) is 12.4. The number of ether oxygens (including phenoxy) is 1. The molecule has 0 N–H and O–H groups in total. The molecule has 0 aliphatic carbocycles. The molecule has 0 bridgehead atoms. The highest BCUT2D eigenvalue weighted by atomic mass is 16.5. The van der Waals surface area contributed by atoms with Crippen LogP contribution in [0.15, 0.2) is 23.8 Å². The van der Waals surface area contributed by atoms with Crippen molar-refractivity contribution in [3.05, 3.63) is 23.8 Å². The molecule has 0 saturated heterocycles. The van der Waals surface area contributed by atoms with Gasteiger partial charge in [-0.3, -0.25) is 4.79 Å². The lowest BCUT2D eigenvalue weighted by atomic mass is 10.0. The molecular formula is C16H28O2. The van der Waals surface area contributed by atoms with Crippen LogP contribution in [0.2, 0.25) is 0 Å². The van der Waals surface area contributed by atoms with Crippen molar-refractivity contribution in [3.63, 3.8) is 0 Å². The molecule has 0 fully saturated rings. The number of rotatable bonds is 9. The zero-order chi connectivity index (χ0) is 13.8. The van der Waals surface area contributed by atoms with E-state index >= 15 is 0 Å². The van der Waals surface area contributed by atoms with Crippen LogP contribution in [0.25, 0.3) is 0 Å². The molecule has 0 aromatic heterocycles. The zero-order valence-corrected chi connectivity index (χ0v) is 12.4. The Labute approximate surface area is 112 Å². The Hall–Kier alpha value is -1.05. The van der Waals surface area contributed by atoms with Gasteiger partial charge < -0.3 is 4.74 Å². The fourth-order valence-electron chi connectivity index (χ4n) is 1.63. The summed E-state index contributed by atoms with van der Waals surface area (Å²) in [6.07, 6.45) is 10.9. The predicted octanol–water partition coefficient (Wildman–Crippen LogP) is 4.66. The van der Waals surface area contributed by atoms with Gasteiger partial charge in [-0.05, 0) is 45.4 Å². The molecule has 0 heterocycles. The van der Waals surface area contributed by atoms with E-state index in [1.54, 1.807) is 0 Å². The maximum absolute atomic E-state index is 11.5. The van der Waals surface area contributed by atoms with Crippen LogP contribution in [0.3, 0.4) is 0 Å². The first-order chi connectivity index (χ1) is 8.56. The molecule has 2 nitrogen and oxygen atoms in total. The second kappa shape index (κ2) is 11.1. The van der Waals surface area contributed by atoms with Crippen LogP contribution in [0.5, 0.6) is 0 Å². The third kappa shape index (κ3) is 11.4. The first kappa shape index (κ1) is 16.9. The highest BCUT2D eigenvalue weighted by molar-refractivity contribution is 5.69. The van der Waals surface area contributed by atoms with Gasteiger partial charge in [-0.2, -0.15) is 0 Å². The van der Waals surface area contributed by atoms with Crippen LogP contribution in [-0.2, 0) is 9.53 Å². The molecule has 1 unspecified atom stereocenters. The largest absolute Gasteiger partial charge is 0.465 e. The number of hydrogen-bond donors (Lipinski definition) is 0. The second-order valence-corrected chi connectivity index (χ2v) is 5.06. The first-order valence-electron chi connectivity index (χ1n) is 7.00. The van der Waals surface area contributed by atoms with E-state index in [2.05, 4.69) is 45.9 Å². The van der Waals surface area contributed by atoms with Gasteiger partial charge >= 0.3 is 5.97 Å². The number of esters is 1. The Balaban J connectivity index is 3.61. The highest BCUT2D eigenvalue weighted by Gasteiger charge is 2.09. The molecule has 18 heavy (non-hydrogen) atoms. The summed E-state index contributed by atoms with van der Waals surface area (Å²) in [7, 11) is 0. The lowest BCUT2D eigenvalue weighted by Gasteiger charge is -2.09. The van der Waals surface area contributed by atoms with E-state index in [4.69, 9.17) is 4.74 Å². The monoisotopic (exact) mass is 252 g/mol. The maximum atomic E-state index is 11.5. The van der Waals surface area contributed by atoms with Gasteiger partial charge in [0.25, 0.3) is 0 Å². The Bertz CT molecular complexity index is 273. The predicted molar refractivity (Wildman–Crippen MR) is 77.5 cm³/mol. The van der Waals surface area contributed by atoms with Crippen LogP contribution >= 0.6 is 0 Å². The molecule has 0 aromatic rings. The Morgan fingerprint density at radius 2 is 1.94 bits per heavy atom. The van der Waals surface area contributed by atoms with Crippen molar-refractivity contribution < 1.29 is 9.53 Å². The number of allylic oxidation sites excluding steroid dienone is 3. The number of hydrogen-bond acceptors (Lipinski definition) is 2. The van der Waals surface area contributed by atoms with Crippen molar-refractivity contribution in [3.8, 4) is 0 Å². The van der Waals surface area contributed by atoms with E-state index < -0.39 is 0 Å². The SMILES string of the molecule is CC/C=C\CCOC(=O)CC(C)CCC=C(C)C. The standard InChI is InChI=1S/C16H28O2/c1-5-6-7-8-12-18-16(17)13-15(4)11-9-10-14(2)3/h6-7,10,15H,5,8-9,11-13H2,1-4H3/b7-6-. The topological polar surface area (TPSA) is 26.3 Å². The maximum Gasteiger partial charge on any atom is 0.306 e. The number of carbonyl (C=O) groups is 1. The average Bonchev–Trinajstić information content (AvgIpc) is 2.28. The summed E-state index contributed by atoms with van der Waals surface area (Å²) in [5.41, 5.74) is 1.34. The van der Waals surface area contributed by atoms with Crippen molar-refractivity contribution in [2.75, 3.05) is 6.61 Å². The summed E-state index contributed by atoms with van der Waals surface area (Å²) >= 11 is 0. The summed E-state index contributed by atoms with van der Waals surface area (Å²) in [6, 6.07) is 0. The van der Waals surface area contributed by atoms with E-state index in [9.17, 15) is 4.79 Å². The third-order valence-electron chi connectivity index (χ3n) is 2.68. The summed E-state index contributed by atoms with van der Waals surface area (Å²) in [6.45, 7) is 8.91. The zero-order valence-electron chi connectivity index (χ0n) is 12.4. The Morgan fingerprint density at radius 1 is 1.22 bits per heavy atom. The van der Waals surface area contributed by atoms with Crippen molar-refractivity contribution in [1.82, 2.24) is 0 Å². The molecule has 0 rings (SSSR count). The minimum atomic E-state index is -0.0652. The van der Waals surface area contributed by atoms with Gasteiger partial charge in [0.05, 0.1) is 6.61 Å². The molecule has 0 saturated carbocycles. The Kier molecular flexibility index (Phi) is 10.4. The van der Waals surface area contributed by atoms with Gasteiger partial charge in [0.2, 0.25) is 0 Å². The van der Waals surface area contributed by atoms with Crippen LogP contribution in [-0.4, -0.2) is 12.6 Å². The quantitative estimate of drug-likeness (QED) is 0.339. The molecule has 0 aliphatic heterocycles. The van der Waals surface area contributed by atoms with Gasteiger partial charge in [0, 0.05) is 6.42 Å². The van der Waals surface area contributed by atoms with Crippen molar-refractivity contribution in [1.29, 1.82) is 0 Å². The van der Waals surface area contributed by atoms with Crippen LogP contribution in [0.1, 0.15) is 59.8 Å². The van der Waals surface area contributed by atoms with E-state index in [1.165, 1.54) is 5.57 Å². The molecule has 0 aromatic carbocycles. The fourth-order valence-corrected chi connectivity index (χ4v) is 1.63. The summed E-state index contributed by atoms with van der Waals surface area (Å²) in [5.74, 6) is 0.337. The van der Waals surface area contributed by atoms with Crippen molar-refractivity contribution in [2.24, 2.45) is 5.92 Å². The number of carbonyl (C=O) groups excluding carboxylic acids is 1. The molecule has 0 radical (unpaired) electrons. The molecule has 104 valence electrons. The summed E-state index contributed by atoms with van der Waals surface area (Å²) in [4.78, 5) is 11.5. The van der Waals surface area contributed by atoms with E-state index in [0.29, 0.717) is 18.9 Å². The summed E-state index contributed by atoms with van der Waals surface area (Å²) in [5, 5.41) is 0. The molecule has 2 heteroatoms. The van der Waals surface area contributed by atoms with Crippen molar-refractivity contribution >= 4 is 5.97 Å². The molecular weight excluding hydrogens is 224 g/mol. The molecule has 0 aliphatic rings. The summed E-state index contributed by atoms with van der Waals surface area (Å²) < 4.78 is 5.18. The lowest BCUT2D eigenvalue weighted by molar-refractivity contribution is -0.144. The van der Waals surface area contributed by atoms with Crippen LogP contribution < -0.4 is 0 Å². The molecule has 0 spiro atoms.